The summed E-state index contributed by atoms with van der Waals surface area (Å²) in [6, 6.07) is 8.96. The van der Waals surface area contributed by atoms with E-state index in [1.165, 1.54) is 36.6 Å². The molecule has 10 heteroatoms. The molecule has 0 saturated carbocycles. The number of thiazole rings is 1. The largest absolute Gasteiger partial charge is 0.494 e. The third kappa shape index (κ3) is 4.33. The minimum absolute atomic E-state index is 0.0944. The summed E-state index contributed by atoms with van der Waals surface area (Å²) in [6.07, 6.45) is 1.98. The van der Waals surface area contributed by atoms with Gasteiger partial charge >= 0.3 is 0 Å². The monoisotopic (exact) mass is 442 g/mol. The van der Waals surface area contributed by atoms with E-state index in [-0.39, 0.29) is 17.0 Å². The van der Waals surface area contributed by atoms with Crippen LogP contribution in [0, 0.1) is 15.9 Å². The number of methoxy groups -OCH3 is 1. The molecule has 1 amide bonds. The molecule has 160 valence electrons. The Bertz CT molecular complexity index is 1140. The smallest absolute Gasteiger partial charge is 0.293 e. The van der Waals surface area contributed by atoms with Crippen LogP contribution in [0.3, 0.4) is 0 Å². The third-order valence-electron chi connectivity index (χ3n) is 5.05. The van der Waals surface area contributed by atoms with Crippen molar-refractivity contribution in [3.05, 3.63) is 63.3 Å². The molecule has 1 fully saturated rings. The highest BCUT2D eigenvalue weighted by molar-refractivity contribution is 7.14. The third-order valence-corrected chi connectivity index (χ3v) is 5.81. The molecule has 1 saturated heterocycles. The van der Waals surface area contributed by atoms with Crippen molar-refractivity contribution < 1.29 is 18.8 Å². The van der Waals surface area contributed by atoms with Gasteiger partial charge < -0.3 is 9.64 Å². The standard InChI is InChI=1S/C21H19FN4O4S/c1-30-19-7-5-13(10-15(19)22)16-12-31-21(23-16)24-20(27)14-4-6-17(18(11-14)26(28)29)25-8-2-3-9-25/h4-7,10-12H,2-3,8-9H2,1H3,(H,23,24,27). The predicted octanol–water partition coefficient (Wildman–Crippen LogP) is 4.72. The fourth-order valence-corrected chi connectivity index (χ4v) is 4.21. The Labute approximate surface area is 181 Å². The minimum Gasteiger partial charge on any atom is -0.494 e. The number of carbonyl (C=O) groups is 1. The molecule has 1 aliphatic heterocycles. The van der Waals surface area contributed by atoms with Crippen LogP contribution in [-0.2, 0) is 0 Å². The van der Waals surface area contributed by atoms with Gasteiger partial charge in [0.2, 0.25) is 0 Å². The Hall–Kier alpha value is -3.53. The lowest BCUT2D eigenvalue weighted by Crippen LogP contribution is -2.19. The first-order valence-corrected chi connectivity index (χ1v) is 10.5. The molecule has 0 bridgehead atoms. The number of amides is 1. The highest BCUT2D eigenvalue weighted by Gasteiger charge is 2.24. The highest BCUT2D eigenvalue weighted by Crippen LogP contribution is 2.32. The Morgan fingerprint density at radius 3 is 2.71 bits per heavy atom. The molecule has 0 spiro atoms. The van der Waals surface area contributed by atoms with E-state index in [2.05, 4.69) is 10.3 Å². The maximum atomic E-state index is 13.9. The van der Waals surface area contributed by atoms with Crippen molar-refractivity contribution in [3.63, 3.8) is 0 Å². The average molecular weight is 442 g/mol. The van der Waals surface area contributed by atoms with E-state index in [9.17, 15) is 19.3 Å². The first-order valence-electron chi connectivity index (χ1n) is 9.60. The summed E-state index contributed by atoms with van der Waals surface area (Å²) >= 11 is 1.18. The summed E-state index contributed by atoms with van der Waals surface area (Å²) < 4.78 is 18.9. The Kier molecular flexibility index (Phi) is 5.81. The molecular formula is C21H19FN4O4S. The summed E-state index contributed by atoms with van der Waals surface area (Å²) in [5.74, 6) is -0.881. The lowest BCUT2D eigenvalue weighted by atomic mass is 10.1. The van der Waals surface area contributed by atoms with Crippen LogP contribution in [-0.4, -0.2) is 36.0 Å². The number of nitro benzene ring substituents is 1. The molecule has 0 unspecified atom stereocenters. The van der Waals surface area contributed by atoms with Crippen molar-refractivity contribution >= 4 is 33.8 Å². The molecule has 8 nitrogen and oxygen atoms in total. The van der Waals surface area contributed by atoms with E-state index in [0.29, 0.717) is 22.1 Å². The molecular weight excluding hydrogens is 423 g/mol. The van der Waals surface area contributed by atoms with Crippen LogP contribution in [0.1, 0.15) is 23.2 Å². The van der Waals surface area contributed by atoms with E-state index >= 15 is 0 Å². The zero-order chi connectivity index (χ0) is 22.0. The van der Waals surface area contributed by atoms with E-state index in [1.54, 1.807) is 23.6 Å². The van der Waals surface area contributed by atoms with E-state index in [0.717, 1.165) is 25.9 Å². The van der Waals surface area contributed by atoms with Crippen molar-refractivity contribution in [2.24, 2.45) is 0 Å². The lowest BCUT2D eigenvalue weighted by Gasteiger charge is -2.17. The first kappa shape index (κ1) is 20.7. The van der Waals surface area contributed by atoms with Gasteiger partial charge in [0.1, 0.15) is 5.69 Å². The molecule has 0 radical (unpaired) electrons. The van der Waals surface area contributed by atoms with Crippen LogP contribution in [0.25, 0.3) is 11.3 Å². The number of carbonyl (C=O) groups excluding carboxylic acids is 1. The van der Waals surface area contributed by atoms with Gasteiger partial charge in [0.15, 0.2) is 16.7 Å². The first-order chi connectivity index (χ1) is 15.0. The molecule has 0 atom stereocenters. The number of nitro groups is 1. The number of aromatic nitrogens is 1. The van der Waals surface area contributed by atoms with Gasteiger partial charge in [-0.3, -0.25) is 20.2 Å². The fourth-order valence-electron chi connectivity index (χ4n) is 3.50. The summed E-state index contributed by atoms with van der Waals surface area (Å²) in [5, 5.41) is 16.2. The van der Waals surface area contributed by atoms with Crippen LogP contribution in [0.5, 0.6) is 5.75 Å². The van der Waals surface area contributed by atoms with Crippen molar-refractivity contribution in [3.8, 4) is 17.0 Å². The number of anilines is 2. The number of benzene rings is 2. The van der Waals surface area contributed by atoms with E-state index < -0.39 is 16.6 Å². The zero-order valence-electron chi connectivity index (χ0n) is 16.6. The van der Waals surface area contributed by atoms with Gasteiger partial charge in [-0.25, -0.2) is 9.37 Å². The maximum absolute atomic E-state index is 13.9. The topological polar surface area (TPSA) is 97.6 Å². The second kappa shape index (κ2) is 8.68. The summed E-state index contributed by atoms with van der Waals surface area (Å²) in [5.41, 5.74) is 1.64. The number of ether oxygens (including phenoxy) is 1. The average Bonchev–Trinajstić information content (AvgIpc) is 3.45. The molecule has 4 rings (SSSR count). The van der Waals surface area contributed by atoms with Crippen molar-refractivity contribution in [2.45, 2.75) is 12.8 Å². The normalized spacial score (nSPS) is 13.3. The predicted molar refractivity (Wildman–Crippen MR) is 117 cm³/mol. The molecule has 1 N–H and O–H groups in total. The summed E-state index contributed by atoms with van der Waals surface area (Å²) in [4.78, 5) is 30.0. The van der Waals surface area contributed by atoms with E-state index in [4.69, 9.17) is 4.74 Å². The maximum Gasteiger partial charge on any atom is 0.293 e. The number of halogens is 1. The van der Waals surface area contributed by atoms with E-state index in [1.807, 2.05) is 4.90 Å². The van der Waals surface area contributed by atoms with Gasteiger partial charge in [-0.15, -0.1) is 11.3 Å². The second-order valence-electron chi connectivity index (χ2n) is 7.00. The van der Waals surface area contributed by atoms with Crippen LogP contribution in [0.2, 0.25) is 0 Å². The van der Waals surface area contributed by atoms with Crippen LogP contribution < -0.4 is 15.0 Å². The molecule has 3 aromatic rings. The molecule has 1 aromatic heterocycles. The SMILES string of the molecule is COc1ccc(-c2csc(NC(=O)c3ccc(N4CCCC4)c([N+](=O)[O-])c3)n2)cc1F. The van der Waals surface area contributed by atoms with Gasteiger partial charge in [0.05, 0.1) is 17.7 Å². The molecule has 31 heavy (non-hydrogen) atoms. The number of hydrogen-bond acceptors (Lipinski definition) is 7. The van der Waals surface area contributed by atoms with Gasteiger partial charge in [0, 0.05) is 35.7 Å². The quantitative estimate of drug-likeness (QED) is 0.438. The molecule has 2 heterocycles. The lowest BCUT2D eigenvalue weighted by molar-refractivity contribution is -0.384. The Morgan fingerprint density at radius 2 is 2.03 bits per heavy atom. The summed E-state index contributed by atoms with van der Waals surface area (Å²) in [7, 11) is 1.39. The van der Waals surface area contributed by atoms with Crippen molar-refractivity contribution in [2.75, 3.05) is 30.4 Å². The van der Waals surface area contributed by atoms with Gasteiger partial charge in [-0.05, 0) is 43.2 Å². The van der Waals surface area contributed by atoms with Crippen molar-refractivity contribution in [1.82, 2.24) is 4.98 Å². The zero-order valence-corrected chi connectivity index (χ0v) is 17.4. The van der Waals surface area contributed by atoms with Gasteiger partial charge in [-0.2, -0.15) is 0 Å². The minimum atomic E-state index is -0.510. The Morgan fingerprint density at radius 1 is 1.26 bits per heavy atom. The second-order valence-corrected chi connectivity index (χ2v) is 7.85. The van der Waals surface area contributed by atoms with Gasteiger partial charge in [-0.1, -0.05) is 0 Å². The van der Waals surface area contributed by atoms with Gasteiger partial charge in [0.25, 0.3) is 11.6 Å². The molecule has 0 aliphatic carbocycles. The molecule has 2 aromatic carbocycles. The Balaban J connectivity index is 1.53. The molecule has 1 aliphatic rings. The van der Waals surface area contributed by atoms with Crippen molar-refractivity contribution in [1.29, 1.82) is 0 Å². The number of hydrogen-bond donors (Lipinski definition) is 1. The number of nitrogens with one attached hydrogen (secondary N) is 1. The van der Waals surface area contributed by atoms with Crippen LogP contribution >= 0.6 is 11.3 Å². The number of nitrogens with zero attached hydrogens (tertiary/aromatic N) is 3. The fraction of sp³-hybridized carbons (Fsp3) is 0.238. The number of rotatable bonds is 6. The van der Waals surface area contributed by atoms with Crippen LogP contribution in [0.15, 0.2) is 41.8 Å². The summed E-state index contributed by atoms with van der Waals surface area (Å²) in [6.45, 7) is 1.53. The van der Waals surface area contributed by atoms with Crippen LogP contribution in [0.4, 0.5) is 20.9 Å². The highest BCUT2D eigenvalue weighted by atomic mass is 32.1.